The number of aliphatic carboxylic acids is 1. The van der Waals surface area contributed by atoms with E-state index in [1.54, 1.807) is 61.5 Å². The minimum Gasteiger partial charge on any atom is -0.475 e. The van der Waals surface area contributed by atoms with E-state index in [9.17, 15) is 32.3 Å². The summed E-state index contributed by atoms with van der Waals surface area (Å²) in [5.41, 5.74) is 2.60. The first kappa shape index (κ1) is 39.7. The number of aromatic amines is 1. The molecule has 0 fully saturated rings. The number of hydrogen-bond acceptors (Lipinski definition) is 7. The number of hydrogen-bond donors (Lipinski definition) is 6. The molecule has 0 saturated carbocycles. The van der Waals surface area contributed by atoms with Gasteiger partial charge in [0.1, 0.15) is 0 Å². The number of aryl methyl sites for hydroxylation is 1. The second-order valence-corrected chi connectivity index (χ2v) is 11.5. The van der Waals surface area contributed by atoms with Gasteiger partial charge in [-0.1, -0.05) is 41.4 Å². The van der Waals surface area contributed by atoms with Crippen LogP contribution in [0, 0.1) is 6.92 Å². The summed E-state index contributed by atoms with van der Waals surface area (Å²) in [6.45, 7) is 2.39. The number of carbonyl (C=O) groups excluding carboxylic acids is 4. The quantitative estimate of drug-likeness (QED) is 0.0997. The molecule has 0 aliphatic rings. The molecule has 268 valence electrons. The molecule has 4 aromatic rings. The summed E-state index contributed by atoms with van der Waals surface area (Å²) < 4.78 is 31.7. The molecule has 1 heterocycles. The van der Waals surface area contributed by atoms with Gasteiger partial charge < -0.3 is 31.3 Å². The van der Waals surface area contributed by atoms with Crippen LogP contribution in [0.25, 0.3) is 0 Å². The van der Waals surface area contributed by atoms with Gasteiger partial charge in [0.15, 0.2) is 5.69 Å². The fourth-order valence-electron chi connectivity index (χ4n) is 4.02. The number of amides is 4. The zero-order chi connectivity index (χ0) is 37.9. The smallest absolute Gasteiger partial charge is 0.475 e. The largest absolute Gasteiger partial charge is 0.490 e. The van der Waals surface area contributed by atoms with Crippen molar-refractivity contribution in [2.45, 2.75) is 13.1 Å². The summed E-state index contributed by atoms with van der Waals surface area (Å²) >= 11 is 12.3. The van der Waals surface area contributed by atoms with Crippen LogP contribution in [0.2, 0.25) is 10.0 Å². The number of nitrogens with zero attached hydrogens (tertiary/aromatic N) is 2. The predicted molar refractivity (Wildman–Crippen MR) is 187 cm³/mol. The van der Waals surface area contributed by atoms with Crippen molar-refractivity contribution in [1.82, 2.24) is 15.1 Å². The third kappa shape index (κ3) is 12.0. The van der Waals surface area contributed by atoms with Gasteiger partial charge in [-0.3, -0.25) is 24.3 Å². The highest BCUT2D eigenvalue weighted by atomic mass is 35.5. The number of aromatic nitrogens is 2. The summed E-state index contributed by atoms with van der Waals surface area (Å²) in [6, 6.07) is 16.2. The van der Waals surface area contributed by atoms with Gasteiger partial charge in [-0.2, -0.15) is 18.3 Å². The summed E-state index contributed by atoms with van der Waals surface area (Å²) in [5, 5.41) is 24.9. The number of halogens is 5. The van der Waals surface area contributed by atoms with Crippen LogP contribution in [-0.4, -0.2) is 76.6 Å². The molecule has 0 atom stereocenters. The van der Waals surface area contributed by atoms with Gasteiger partial charge in [-0.05, 0) is 75.1 Å². The summed E-state index contributed by atoms with van der Waals surface area (Å²) in [4.78, 5) is 61.7. The molecule has 18 heteroatoms. The van der Waals surface area contributed by atoms with E-state index in [2.05, 4.69) is 31.5 Å². The fourth-order valence-corrected chi connectivity index (χ4v) is 4.59. The van der Waals surface area contributed by atoms with Crippen LogP contribution in [0.4, 0.5) is 35.9 Å². The SMILES string of the molecule is Cc1cc(NC(=O)c2cccc(NC(=O)/C=C/CN(C)C)c2)ccc1NC(=O)c1n[nH]cc1NC(=O)c1c(Cl)cccc1Cl.O=C(O)C(F)(F)F. The average molecular weight is 749 g/mol. The fraction of sp³-hybridized carbons (Fsp3) is 0.152. The Morgan fingerprint density at radius 3 is 2.06 bits per heavy atom. The number of H-pyrrole nitrogens is 1. The van der Waals surface area contributed by atoms with Crippen LogP contribution >= 0.6 is 23.2 Å². The summed E-state index contributed by atoms with van der Waals surface area (Å²) in [7, 11) is 3.80. The zero-order valence-electron chi connectivity index (χ0n) is 27.0. The maximum atomic E-state index is 13.0. The Bertz CT molecular complexity index is 1940. The lowest BCUT2D eigenvalue weighted by atomic mass is 10.1. The number of benzene rings is 3. The standard InChI is InChI=1S/C31H29Cl2N7O4.C2HF3O2/c1-18-15-21(36-29(42)19-7-4-8-20(16-19)35-26(41)11-6-14-40(2)3)12-13-24(18)37-31(44)28-25(17-34-39-28)38-30(43)27-22(32)9-5-10-23(27)33;3-2(4,5)1(6)7/h4-13,15-17H,14H2,1-3H3,(H,34,39)(H,35,41)(H,36,42)(H,37,44)(H,38,43);(H,6,7)/b11-6+;. The Balaban J connectivity index is 0.000000908. The summed E-state index contributed by atoms with van der Waals surface area (Å²) in [5.74, 6) is -4.62. The van der Waals surface area contributed by atoms with E-state index in [1.807, 2.05) is 19.0 Å². The Kier molecular flexibility index (Phi) is 13.9. The zero-order valence-corrected chi connectivity index (χ0v) is 28.5. The van der Waals surface area contributed by atoms with Gasteiger partial charge in [0.2, 0.25) is 5.91 Å². The number of carbonyl (C=O) groups is 5. The van der Waals surface area contributed by atoms with Gasteiger partial charge in [-0.25, -0.2) is 4.79 Å². The van der Waals surface area contributed by atoms with E-state index in [-0.39, 0.29) is 38.8 Å². The van der Waals surface area contributed by atoms with Crippen molar-refractivity contribution in [3.8, 4) is 0 Å². The molecule has 0 saturated heterocycles. The van der Waals surface area contributed by atoms with Crippen molar-refractivity contribution in [3.63, 3.8) is 0 Å². The summed E-state index contributed by atoms with van der Waals surface area (Å²) in [6.07, 6.45) is -0.536. The van der Waals surface area contributed by atoms with Crippen LogP contribution in [0.1, 0.15) is 36.8 Å². The average Bonchev–Trinajstić information content (AvgIpc) is 3.50. The molecule has 6 N–H and O–H groups in total. The van der Waals surface area contributed by atoms with Gasteiger partial charge >= 0.3 is 12.1 Å². The lowest BCUT2D eigenvalue weighted by molar-refractivity contribution is -0.192. The monoisotopic (exact) mass is 747 g/mol. The van der Waals surface area contributed by atoms with Crippen LogP contribution in [0.15, 0.2) is 79.0 Å². The molecular weight excluding hydrogens is 718 g/mol. The normalized spacial score (nSPS) is 11.0. The highest BCUT2D eigenvalue weighted by molar-refractivity contribution is 6.40. The van der Waals surface area contributed by atoms with Crippen LogP contribution in [0.5, 0.6) is 0 Å². The van der Waals surface area contributed by atoms with Crippen molar-refractivity contribution in [3.05, 3.63) is 111 Å². The molecule has 51 heavy (non-hydrogen) atoms. The predicted octanol–water partition coefficient (Wildman–Crippen LogP) is 6.47. The molecule has 3 aromatic carbocycles. The molecule has 4 rings (SSSR count). The number of nitrogens with one attached hydrogen (secondary N) is 5. The van der Waals surface area contributed by atoms with Crippen LogP contribution < -0.4 is 21.3 Å². The van der Waals surface area contributed by atoms with Gasteiger partial charge in [0.05, 0.1) is 21.3 Å². The van der Waals surface area contributed by atoms with E-state index in [0.717, 1.165) is 0 Å². The van der Waals surface area contributed by atoms with Crippen molar-refractivity contribution in [2.75, 3.05) is 41.9 Å². The van der Waals surface area contributed by atoms with Gasteiger partial charge in [-0.15, -0.1) is 0 Å². The van der Waals surface area contributed by atoms with Crippen molar-refractivity contribution >= 4 is 75.5 Å². The minimum absolute atomic E-state index is 0.0570. The molecule has 1 aromatic heterocycles. The molecular formula is C33H30Cl2F3N7O6. The number of carboxylic acid groups (broad SMARTS) is 1. The molecule has 0 spiro atoms. The Morgan fingerprint density at radius 1 is 0.843 bits per heavy atom. The molecule has 13 nitrogen and oxygen atoms in total. The van der Waals surface area contributed by atoms with Crippen molar-refractivity contribution < 1.29 is 42.3 Å². The number of carboxylic acids is 1. The van der Waals surface area contributed by atoms with E-state index in [1.165, 1.54) is 24.4 Å². The van der Waals surface area contributed by atoms with Crippen molar-refractivity contribution in [1.29, 1.82) is 0 Å². The molecule has 0 aliphatic heterocycles. The van der Waals surface area contributed by atoms with Crippen molar-refractivity contribution in [2.24, 2.45) is 0 Å². The molecule has 0 radical (unpaired) electrons. The second kappa shape index (κ2) is 17.8. The Morgan fingerprint density at radius 2 is 1.45 bits per heavy atom. The third-order valence-corrected chi connectivity index (χ3v) is 7.03. The topological polar surface area (TPSA) is 186 Å². The van der Waals surface area contributed by atoms with E-state index >= 15 is 0 Å². The van der Waals surface area contributed by atoms with Gasteiger partial charge in [0.25, 0.3) is 17.7 Å². The van der Waals surface area contributed by atoms with E-state index in [0.29, 0.717) is 34.7 Å². The minimum atomic E-state index is -5.08. The van der Waals surface area contributed by atoms with E-state index in [4.69, 9.17) is 33.1 Å². The Labute approximate surface area is 298 Å². The maximum Gasteiger partial charge on any atom is 0.490 e. The van der Waals surface area contributed by atoms with Crippen LogP contribution in [-0.2, 0) is 9.59 Å². The first-order valence-electron chi connectivity index (χ1n) is 14.5. The highest BCUT2D eigenvalue weighted by Gasteiger charge is 2.38. The number of alkyl halides is 3. The lowest BCUT2D eigenvalue weighted by Crippen LogP contribution is -2.21. The molecule has 0 aliphatic carbocycles. The molecule has 0 bridgehead atoms. The number of anilines is 4. The molecule has 4 amide bonds. The second-order valence-electron chi connectivity index (χ2n) is 10.7. The van der Waals surface area contributed by atoms with Crippen LogP contribution in [0.3, 0.4) is 0 Å². The first-order chi connectivity index (χ1) is 24.0. The highest BCUT2D eigenvalue weighted by Crippen LogP contribution is 2.27. The maximum absolute atomic E-state index is 13.0. The molecule has 0 unspecified atom stereocenters. The third-order valence-electron chi connectivity index (χ3n) is 6.40. The first-order valence-corrected chi connectivity index (χ1v) is 15.3. The van der Waals surface area contributed by atoms with Gasteiger partial charge in [0, 0.05) is 41.4 Å². The number of rotatable bonds is 10. The number of likely N-dealkylation sites (N-methyl/N-ethyl adjacent to an activating group) is 1. The lowest BCUT2D eigenvalue weighted by Gasteiger charge is -2.12. The Hall–Kier alpha value is -5.71. The van der Waals surface area contributed by atoms with E-state index < -0.39 is 24.0 Å².